The monoisotopic (exact) mass is 434 g/mol. The first-order valence-electron chi connectivity index (χ1n) is 12.1. The molecule has 2 heterocycles. The summed E-state index contributed by atoms with van der Waals surface area (Å²) in [5.74, 6) is 0.811. The molecule has 5 rings (SSSR count). The summed E-state index contributed by atoms with van der Waals surface area (Å²) in [6.45, 7) is 3.48. The van der Waals surface area contributed by atoms with Crippen molar-refractivity contribution < 1.29 is 14.3 Å². The van der Waals surface area contributed by atoms with Crippen LogP contribution in [0, 0.1) is 0 Å². The first-order valence-corrected chi connectivity index (χ1v) is 12.1. The molecule has 0 radical (unpaired) electrons. The molecule has 2 aliphatic heterocycles. The maximum absolute atomic E-state index is 12.7. The maximum Gasteiger partial charge on any atom is 0.260 e. The largest absolute Gasteiger partial charge is 0.484 e. The van der Waals surface area contributed by atoms with E-state index in [1.54, 1.807) is 0 Å². The summed E-state index contributed by atoms with van der Waals surface area (Å²) in [6, 6.07) is 21.7. The van der Waals surface area contributed by atoms with Crippen molar-refractivity contribution >= 4 is 5.91 Å². The molecule has 0 N–H and O–H groups in total. The summed E-state index contributed by atoms with van der Waals surface area (Å²) < 4.78 is 12.1. The average molecular weight is 435 g/mol. The number of carbonyl (C=O) groups excluding carboxylic acids is 1. The molecule has 1 aliphatic carbocycles. The van der Waals surface area contributed by atoms with Gasteiger partial charge in [-0.1, -0.05) is 48.5 Å². The van der Waals surface area contributed by atoms with Crippen LogP contribution < -0.4 is 4.74 Å². The number of rotatable bonds is 7. The zero-order valence-corrected chi connectivity index (χ0v) is 18.8. The van der Waals surface area contributed by atoms with Gasteiger partial charge in [0.2, 0.25) is 0 Å². The van der Waals surface area contributed by atoms with E-state index in [0.29, 0.717) is 6.04 Å². The Hall–Kier alpha value is -2.37. The van der Waals surface area contributed by atoms with Crippen molar-refractivity contribution in [2.24, 2.45) is 0 Å². The lowest BCUT2D eigenvalue weighted by Gasteiger charge is -2.48. The minimum atomic E-state index is -0.0796. The molecule has 1 spiro atoms. The predicted octanol–water partition coefficient (Wildman–Crippen LogP) is 4.27. The number of piperidine rings is 1. The Morgan fingerprint density at radius 1 is 0.969 bits per heavy atom. The topological polar surface area (TPSA) is 42.0 Å². The second-order valence-electron chi connectivity index (χ2n) is 9.55. The number of carbonyl (C=O) groups is 1. The van der Waals surface area contributed by atoms with Crippen LogP contribution in [0.5, 0.6) is 5.75 Å². The first-order chi connectivity index (χ1) is 15.7. The molecule has 2 aromatic carbocycles. The van der Waals surface area contributed by atoms with E-state index in [1.165, 1.54) is 18.4 Å². The fourth-order valence-corrected chi connectivity index (χ4v) is 5.31. The van der Waals surface area contributed by atoms with Crippen molar-refractivity contribution in [2.45, 2.75) is 62.8 Å². The van der Waals surface area contributed by atoms with Gasteiger partial charge in [0.25, 0.3) is 5.91 Å². The van der Waals surface area contributed by atoms with Gasteiger partial charge in [0.1, 0.15) is 5.75 Å². The van der Waals surface area contributed by atoms with Crippen LogP contribution >= 0.6 is 0 Å². The van der Waals surface area contributed by atoms with Gasteiger partial charge in [-0.2, -0.15) is 0 Å². The molecule has 0 aromatic heterocycles. The highest BCUT2D eigenvalue weighted by molar-refractivity contribution is 5.77. The lowest BCUT2D eigenvalue weighted by Crippen LogP contribution is -2.55. The fraction of sp³-hybridized carbons (Fsp3) is 0.519. The molecule has 2 saturated heterocycles. The SMILES string of the molecule is O=C(COc1ccccc1)N1CCC2(CC1)CC(N(Cc1ccccc1)C1CC1)CCO2. The van der Waals surface area contributed by atoms with Crippen LogP contribution in [0.25, 0.3) is 0 Å². The quantitative estimate of drug-likeness (QED) is 0.653. The Morgan fingerprint density at radius 2 is 1.66 bits per heavy atom. The highest BCUT2D eigenvalue weighted by atomic mass is 16.5. The summed E-state index contributed by atoms with van der Waals surface area (Å²) in [7, 11) is 0. The Kier molecular flexibility index (Phi) is 6.47. The van der Waals surface area contributed by atoms with Gasteiger partial charge in [-0.15, -0.1) is 0 Å². The Bertz CT molecular complexity index is 876. The summed E-state index contributed by atoms with van der Waals surface area (Å²) in [6.07, 6.45) is 6.67. The first kappa shape index (κ1) is 21.5. The summed E-state index contributed by atoms with van der Waals surface area (Å²) in [5, 5.41) is 0. The van der Waals surface area contributed by atoms with E-state index in [2.05, 4.69) is 35.2 Å². The number of hydrogen-bond donors (Lipinski definition) is 0. The standard InChI is InChI=1S/C27H34N2O3/c30-26(21-31-25-9-5-2-6-10-25)28-16-14-27(15-17-28)19-24(13-18-32-27)29(23-11-12-23)20-22-7-3-1-4-8-22/h1-10,23-24H,11-21H2. The van der Waals surface area contributed by atoms with Gasteiger partial charge in [-0.25, -0.2) is 0 Å². The van der Waals surface area contributed by atoms with Crippen LogP contribution in [0.3, 0.4) is 0 Å². The van der Waals surface area contributed by atoms with Crippen molar-refractivity contribution in [3.63, 3.8) is 0 Å². The zero-order chi connectivity index (χ0) is 21.8. The van der Waals surface area contributed by atoms with Gasteiger partial charge in [-0.3, -0.25) is 9.69 Å². The molecular formula is C27H34N2O3. The maximum atomic E-state index is 12.7. The Morgan fingerprint density at radius 3 is 2.34 bits per heavy atom. The molecular weight excluding hydrogens is 400 g/mol. The average Bonchev–Trinajstić information content (AvgIpc) is 3.68. The van der Waals surface area contributed by atoms with Crippen LogP contribution in [0.1, 0.15) is 44.1 Å². The minimum Gasteiger partial charge on any atom is -0.484 e. The van der Waals surface area contributed by atoms with Crippen molar-refractivity contribution in [3.8, 4) is 5.75 Å². The number of likely N-dealkylation sites (tertiary alicyclic amines) is 1. The van der Waals surface area contributed by atoms with Crippen LogP contribution in [-0.2, 0) is 16.1 Å². The molecule has 3 aliphatic rings. The smallest absolute Gasteiger partial charge is 0.260 e. The van der Waals surface area contributed by atoms with E-state index in [0.717, 1.165) is 63.7 Å². The molecule has 1 unspecified atom stereocenters. The molecule has 32 heavy (non-hydrogen) atoms. The van der Waals surface area contributed by atoms with Crippen molar-refractivity contribution in [2.75, 3.05) is 26.3 Å². The van der Waals surface area contributed by atoms with Crippen molar-refractivity contribution in [1.29, 1.82) is 0 Å². The van der Waals surface area contributed by atoms with E-state index in [4.69, 9.17) is 9.47 Å². The number of nitrogens with zero attached hydrogens (tertiary/aromatic N) is 2. The van der Waals surface area contributed by atoms with Gasteiger partial charge in [0, 0.05) is 38.3 Å². The van der Waals surface area contributed by atoms with Gasteiger partial charge < -0.3 is 14.4 Å². The highest BCUT2D eigenvalue weighted by Gasteiger charge is 2.44. The van der Waals surface area contributed by atoms with Gasteiger partial charge in [0.05, 0.1) is 5.60 Å². The third-order valence-corrected chi connectivity index (χ3v) is 7.29. The van der Waals surface area contributed by atoms with Crippen LogP contribution in [-0.4, -0.2) is 59.7 Å². The molecule has 5 heteroatoms. The molecule has 2 aromatic rings. The third-order valence-electron chi connectivity index (χ3n) is 7.29. The number of amides is 1. The highest BCUT2D eigenvalue weighted by Crippen LogP contribution is 2.40. The van der Waals surface area contributed by atoms with Crippen LogP contribution in [0.2, 0.25) is 0 Å². The molecule has 1 amide bonds. The normalized spacial score (nSPS) is 22.8. The van der Waals surface area contributed by atoms with E-state index in [1.807, 2.05) is 35.2 Å². The van der Waals surface area contributed by atoms with Gasteiger partial charge >= 0.3 is 0 Å². The van der Waals surface area contributed by atoms with Crippen molar-refractivity contribution in [1.82, 2.24) is 9.80 Å². The summed E-state index contributed by atoms with van der Waals surface area (Å²) in [5.41, 5.74) is 1.32. The predicted molar refractivity (Wildman–Crippen MR) is 124 cm³/mol. The number of ether oxygens (including phenoxy) is 2. The van der Waals surface area contributed by atoms with Gasteiger partial charge in [0.15, 0.2) is 6.61 Å². The molecule has 1 saturated carbocycles. The fourth-order valence-electron chi connectivity index (χ4n) is 5.31. The van der Waals surface area contributed by atoms with Gasteiger partial charge in [-0.05, 0) is 56.2 Å². The van der Waals surface area contributed by atoms with E-state index < -0.39 is 0 Å². The van der Waals surface area contributed by atoms with Crippen molar-refractivity contribution in [3.05, 3.63) is 66.2 Å². The molecule has 0 bridgehead atoms. The summed E-state index contributed by atoms with van der Waals surface area (Å²) >= 11 is 0. The lowest BCUT2D eigenvalue weighted by molar-refractivity contribution is -0.151. The van der Waals surface area contributed by atoms with Crippen LogP contribution in [0.4, 0.5) is 0 Å². The number of para-hydroxylation sites is 1. The number of benzene rings is 2. The number of hydrogen-bond acceptors (Lipinski definition) is 4. The lowest BCUT2D eigenvalue weighted by atomic mass is 9.81. The second kappa shape index (κ2) is 9.63. The van der Waals surface area contributed by atoms with E-state index in [-0.39, 0.29) is 18.1 Å². The minimum absolute atomic E-state index is 0.0692. The van der Waals surface area contributed by atoms with E-state index in [9.17, 15) is 4.79 Å². The Balaban J connectivity index is 1.16. The molecule has 170 valence electrons. The molecule has 1 atom stereocenters. The Labute approximate surface area is 191 Å². The summed E-state index contributed by atoms with van der Waals surface area (Å²) in [4.78, 5) is 17.4. The van der Waals surface area contributed by atoms with E-state index >= 15 is 0 Å². The zero-order valence-electron chi connectivity index (χ0n) is 18.8. The third kappa shape index (κ3) is 5.16. The molecule has 3 fully saturated rings. The second-order valence-corrected chi connectivity index (χ2v) is 9.55. The van der Waals surface area contributed by atoms with Crippen LogP contribution in [0.15, 0.2) is 60.7 Å². The molecule has 5 nitrogen and oxygen atoms in total.